The minimum Gasteiger partial charge on any atom is -0.409 e. The summed E-state index contributed by atoms with van der Waals surface area (Å²) < 4.78 is 37.7. The fraction of sp³-hybridized carbons (Fsp3) is 0.900. The topological polar surface area (TPSA) is 90.9 Å². The van der Waals surface area contributed by atoms with E-state index >= 15 is 0 Å². The van der Waals surface area contributed by atoms with Gasteiger partial charge in [-0.05, 0) is 31.7 Å². The molecule has 0 bridgehead atoms. The number of hydrogen-bond donors (Lipinski definition) is 4. The predicted molar refractivity (Wildman–Crippen MR) is 59.2 cm³/mol. The number of nitrogens with two attached hydrogens (primary N) is 1. The molecular weight excluding hydrogens is 251 g/mol. The Balaban J connectivity index is 2.39. The third-order valence-electron chi connectivity index (χ3n) is 3.16. The van der Waals surface area contributed by atoms with Crippen LogP contribution < -0.4 is 11.1 Å². The highest BCUT2D eigenvalue weighted by Crippen LogP contribution is 2.27. The van der Waals surface area contributed by atoms with Crippen molar-refractivity contribution < 1.29 is 23.5 Å². The lowest BCUT2D eigenvalue weighted by molar-refractivity contribution is -0.155. The van der Waals surface area contributed by atoms with Crippen LogP contribution in [-0.2, 0) is 0 Å². The first-order valence-corrected chi connectivity index (χ1v) is 5.77. The number of rotatable bonds is 5. The summed E-state index contributed by atoms with van der Waals surface area (Å²) in [5, 5.41) is 22.7. The molecule has 1 rings (SSSR count). The Morgan fingerprint density at radius 2 is 2.11 bits per heavy atom. The maximum atomic E-state index is 12.6. The lowest BCUT2D eigenvalue weighted by atomic mass is 10.1. The van der Waals surface area contributed by atoms with Gasteiger partial charge < -0.3 is 21.4 Å². The van der Waals surface area contributed by atoms with Crippen molar-refractivity contribution in [1.82, 2.24) is 5.32 Å². The molecule has 1 fully saturated rings. The molecule has 0 saturated heterocycles. The summed E-state index contributed by atoms with van der Waals surface area (Å²) in [4.78, 5) is 0. The molecule has 0 aromatic rings. The van der Waals surface area contributed by atoms with Crippen LogP contribution in [0.3, 0.4) is 0 Å². The molecule has 0 spiro atoms. The monoisotopic (exact) mass is 269 g/mol. The lowest BCUT2D eigenvalue weighted by Crippen LogP contribution is -2.43. The summed E-state index contributed by atoms with van der Waals surface area (Å²) in [5.74, 6) is -2.66. The predicted octanol–water partition coefficient (Wildman–Crippen LogP) is 0.662. The Hall–Kier alpha value is -1.02. The molecule has 0 amide bonds. The first kappa shape index (κ1) is 15.0. The first-order chi connectivity index (χ1) is 8.34. The number of amidine groups is 1. The van der Waals surface area contributed by atoms with Crippen LogP contribution in [0.2, 0.25) is 0 Å². The normalized spacial score (nSPS) is 27.4. The van der Waals surface area contributed by atoms with Gasteiger partial charge in [0.2, 0.25) is 0 Å². The molecule has 1 saturated carbocycles. The molecule has 18 heavy (non-hydrogen) atoms. The fourth-order valence-corrected chi connectivity index (χ4v) is 2.12. The maximum Gasteiger partial charge on any atom is 0.400 e. The Morgan fingerprint density at radius 1 is 1.44 bits per heavy atom. The first-order valence-electron chi connectivity index (χ1n) is 5.77. The molecule has 0 aliphatic heterocycles. The second-order valence-electron chi connectivity index (χ2n) is 4.61. The molecule has 3 atom stereocenters. The van der Waals surface area contributed by atoms with Crippen molar-refractivity contribution in [2.24, 2.45) is 22.7 Å². The molecule has 1 aliphatic rings. The van der Waals surface area contributed by atoms with Crippen molar-refractivity contribution in [3.05, 3.63) is 0 Å². The average molecular weight is 269 g/mol. The Bertz CT molecular complexity index is 297. The summed E-state index contributed by atoms with van der Waals surface area (Å²) in [5.41, 5.74) is 5.02. The molecule has 0 radical (unpaired) electrons. The summed E-state index contributed by atoms with van der Waals surface area (Å²) in [7, 11) is 0. The fourth-order valence-electron chi connectivity index (χ4n) is 2.12. The standard InChI is InChI=1S/C10H18F3N3O2/c11-10(12,13)8(9(14)16-18)5-15-4-6-1-2-7(17)3-6/h6-8,15,17-18H,1-5H2,(H2,14,16). The molecule has 0 aromatic heterocycles. The Labute approximate surface area is 103 Å². The van der Waals surface area contributed by atoms with Crippen LogP contribution >= 0.6 is 0 Å². The summed E-state index contributed by atoms with van der Waals surface area (Å²) in [6.45, 7) is -0.0334. The van der Waals surface area contributed by atoms with E-state index in [2.05, 4.69) is 10.5 Å². The van der Waals surface area contributed by atoms with Gasteiger partial charge in [-0.1, -0.05) is 5.16 Å². The number of nitrogens with one attached hydrogen (secondary N) is 1. The Morgan fingerprint density at radius 3 is 2.56 bits per heavy atom. The number of alkyl halides is 3. The largest absolute Gasteiger partial charge is 0.409 e. The highest BCUT2D eigenvalue weighted by atomic mass is 19.4. The van der Waals surface area contributed by atoms with E-state index in [9.17, 15) is 18.3 Å². The second-order valence-corrected chi connectivity index (χ2v) is 4.61. The summed E-state index contributed by atoms with van der Waals surface area (Å²) in [6, 6.07) is 0. The van der Waals surface area contributed by atoms with Gasteiger partial charge in [0.05, 0.1) is 6.10 Å². The maximum absolute atomic E-state index is 12.6. The molecule has 1 aliphatic carbocycles. The van der Waals surface area contributed by atoms with Crippen molar-refractivity contribution in [1.29, 1.82) is 0 Å². The van der Waals surface area contributed by atoms with E-state index in [4.69, 9.17) is 10.9 Å². The number of aliphatic hydroxyl groups excluding tert-OH is 1. The molecule has 5 nitrogen and oxygen atoms in total. The number of nitrogens with zero attached hydrogens (tertiary/aromatic N) is 1. The summed E-state index contributed by atoms with van der Waals surface area (Å²) >= 11 is 0. The third kappa shape index (κ3) is 4.34. The summed E-state index contributed by atoms with van der Waals surface area (Å²) in [6.07, 6.45) is -2.80. The number of aliphatic hydroxyl groups is 1. The lowest BCUT2D eigenvalue weighted by Gasteiger charge is -2.20. The number of halogens is 3. The van der Waals surface area contributed by atoms with Crippen molar-refractivity contribution in [3.8, 4) is 0 Å². The SMILES string of the molecule is NC(=NO)C(CNCC1CCC(O)C1)C(F)(F)F. The van der Waals surface area contributed by atoms with Gasteiger partial charge in [-0.2, -0.15) is 13.2 Å². The third-order valence-corrected chi connectivity index (χ3v) is 3.16. The molecular formula is C10H18F3N3O2. The van der Waals surface area contributed by atoms with Crippen LogP contribution in [-0.4, -0.2) is 41.5 Å². The van der Waals surface area contributed by atoms with Gasteiger partial charge in [-0.25, -0.2) is 0 Å². The number of oxime groups is 1. The van der Waals surface area contributed by atoms with E-state index in [0.29, 0.717) is 19.4 Å². The molecule has 8 heteroatoms. The minimum absolute atomic E-state index is 0.182. The molecule has 106 valence electrons. The van der Waals surface area contributed by atoms with E-state index < -0.39 is 24.5 Å². The van der Waals surface area contributed by atoms with Gasteiger partial charge in [0.25, 0.3) is 0 Å². The van der Waals surface area contributed by atoms with Crippen LogP contribution in [0.4, 0.5) is 13.2 Å². The van der Waals surface area contributed by atoms with Gasteiger partial charge in [0, 0.05) is 6.54 Å². The molecule has 0 heterocycles. The van der Waals surface area contributed by atoms with E-state index in [1.54, 1.807) is 0 Å². The molecule has 0 aromatic carbocycles. The highest BCUT2D eigenvalue weighted by molar-refractivity contribution is 5.83. The van der Waals surface area contributed by atoms with Gasteiger partial charge in [0.15, 0.2) is 5.84 Å². The highest BCUT2D eigenvalue weighted by Gasteiger charge is 2.42. The van der Waals surface area contributed by atoms with Crippen molar-refractivity contribution in [2.75, 3.05) is 13.1 Å². The average Bonchev–Trinajstić information content (AvgIpc) is 2.68. The van der Waals surface area contributed by atoms with Crippen LogP contribution in [0.1, 0.15) is 19.3 Å². The second kappa shape index (κ2) is 6.24. The van der Waals surface area contributed by atoms with E-state index in [1.807, 2.05) is 0 Å². The number of hydrogen-bond acceptors (Lipinski definition) is 4. The molecule has 3 unspecified atom stereocenters. The van der Waals surface area contributed by atoms with Gasteiger partial charge in [0.1, 0.15) is 5.92 Å². The quantitative estimate of drug-likeness (QED) is 0.255. The van der Waals surface area contributed by atoms with E-state index in [-0.39, 0.29) is 12.0 Å². The van der Waals surface area contributed by atoms with Crippen molar-refractivity contribution in [2.45, 2.75) is 31.5 Å². The van der Waals surface area contributed by atoms with Gasteiger partial charge >= 0.3 is 6.18 Å². The van der Waals surface area contributed by atoms with Crippen LogP contribution in [0.25, 0.3) is 0 Å². The zero-order valence-corrected chi connectivity index (χ0v) is 9.82. The van der Waals surface area contributed by atoms with Gasteiger partial charge in [-0.15, -0.1) is 0 Å². The van der Waals surface area contributed by atoms with Gasteiger partial charge in [-0.3, -0.25) is 0 Å². The van der Waals surface area contributed by atoms with Crippen molar-refractivity contribution >= 4 is 5.84 Å². The van der Waals surface area contributed by atoms with Crippen LogP contribution in [0.5, 0.6) is 0 Å². The smallest absolute Gasteiger partial charge is 0.400 e. The van der Waals surface area contributed by atoms with E-state index in [1.165, 1.54) is 0 Å². The van der Waals surface area contributed by atoms with Crippen LogP contribution in [0, 0.1) is 11.8 Å². The van der Waals surface area contributed by atoms with E-state index in [0.717, 1.165) is 6.42 Å². The van der Waals surface area contributed by atoms with Crippen molar-refractivity contribution in [3.63, 3.8) is 0 Å². The zero-order chi connectivity index (χ0) is 13.8. The Kier molecular flexibility index (Phi) is 5.21. The van der Waals surface area contributed by atoms with Crippen LogP contribution in [0.15, 0.2) is 5.16 Å². The minimum atomic E-state index is -4.54. The molecule has 5 N–H and O–H groups in total. The zero-order valence-electron chi connectivity index (χ0n) is 9.82.